The first-order chi connectivity index (χ1) is 13.5. The first kappa shape index (κ1) is 20.1. The van der Waals surface area contributed by atoms with Gasteiger partial charge in [0.2, 0.25) is 0 Å². The van der Waals surface area contributed by atoms with Gasteiger partial charge in [-0.15, -0.1) is 11.3 Å². The highest BCUT2D eigenvalue weighted by Crippen LogP contribution is 2.31. The van der Waals surface area contributed by atoms with Gasteiger partial charge in [0, 0.05) is 17.3 Å². The maximum atomic E-state index is 12.4. The summed E-state index contributed by atoms with van der Waals surface area (Å²) in [5, 5.41) is 5.74. The molecule has 1 aliphatic rings. The average Bonchev–Trinajstić information content (AvgIpc) is 3.42. The number of amides is 2. The highest BCUT2D eigenvalue weighted by molar-refractivity contribution is 7.16. The Morgan fingerprint density at radius 3 is 2.79 bits per heavy atom. The molecule has 0 aromatic carbocycles. The topological polar surface area (TPSA) is 102 Å². The van der Waals surface area contributed by atoms with Gasteiger partial charge in [-0.3, -0.25) is 9.59 Å². The van der Waals surface area contributed by atoms with Crippen molar-refractivity contribution in [3.05, 3.63) is 35.2 Å². The van der Waals surface area contributed by atoms with Gasteiger partial charge in [0.25, 0.3) is 0 Å². The molecule has 1 saturated carbocycles. The van der Waals surface area contributed by atoms with Crippen LogP contribution in [0.25, 0.3) is 0 Å². The van der Waals surface area contributed by atoms with Crippen LogP contribution < -0.4 is 10.6 Å². The number of nitrogens with one attached hydrogen (secondary N) is 2. The Morgan fingerprint density at radius 2 is 2.11 bits per heavy atom. The second kappa shape index (κ2) is 9.01. The largest absolute Gasteiger partial charge is 0.462 e. The van der Waals surface area contributed by atoms with Crippen LogP contribution in [-0.2, 0) is 20.7 Å². The Balaban J connectivity index is 1.67. The average molecular weight is 404 g/mol. The summed E-state index contributed by atoms with van der Waals surface area (Å²) < 4.78 is 7.00. The predicted molar refractivity (Wildman–Crippen MR) is 105 cm³/mol. The lowest BCUT2D eigenvalue weighted by Crippen LogP contribution is -2.43. The molecular formula is C19H24N4O4S. The number of esters is 1. The van der Waals surface area contributed by atoms with Gasteiger partial charge in [0.15, 0.2) is 0 Å². The molecule has 2 aromatic heterocycles. The maximum absolute atomic E-state index is 12.4. The first-order valence-corrected chi connectivity index (χ1v) is 10.2. The van der Waals surface area contributed by atoms with Gasteiger partial charge >= 0.3 is 17.8 Å². The van der Waals surface area contributed by atoms with Gasteiger partial charge in [0.05, 0.1) is 30.6 Å². The minimum atomic E-state index is -0.786. The van der Waals surface area contributed by atoms with E-state index in [-0.39, 0.29) is 24.3 Å². The van der Waals surface area contributed by atoms with Crippen LogP contribution in [0.15, 0.2) is 24.8 Å². The van der Waals surface area contributed by atoms with Crippen molar-refractivity contribution in [3.8, 4) is 0 Å². The third kappa shape index (κ3) is 4.41. The van der Waals surface area contributed by atoms with Gasteiger partial charge in [-0.1, -0.05) is 6.92 Å². The van der Waals surface area contributed by atoms with Crippen LogP contribution in [0.5, 0.6) is 0 Å². The molecule has 9 heteroatoms. The van der Waals surface area contributed by atoms with E-state index in [1.165, 1.54) is 11.3 Å². The molecule has 0 spiro atoms. The predicted octanol–water partition coefficient (Wildman–Crippen LogP) is 2.53. The van der Waals surface area contributed by atoms with E-state index in [1.54, 1.807) is 25.5 Å². The van der Waals surface area contributed by atoms with E-state index in [1.807, 2.05) is 17.7 Å². The number of rotatable bonds is 6. The van der Waals surface area contributed by atoms with Crippen molar-refractivity contribution >= 4 is 34.1 Å². The number of thiophene rings is 1. The molecule has 2 atom stereocenters. The van der Waals surface area contributed by atoms with E-state index in [0.717, 1.165) is 24.1 Å². The number of ether oxygens (including phenoxy) is 1. The lowest BCUT2D eigenvalue weighted by Gasteiger charge is -2.21. The summed E-state index contributed by atoms with van der Waals surface area (Å²) >= 11 is 1.28. The van der Waals surface area contributed by atoms with Crippen molar-refractivity contribution in [3.63, 3.8) is 0 Å². The molecule has 8 nitrogen and oxygen atoms in total. The van der Waals surface area contributed by atoms with Crippen molar-refractivity contribution in [1.82, 2.24) is 14.9 Å². The second-order valence-electron chi connectivity index (χ2n) is 6.57. The Hall–Kier alpha value is -2.68. The van der Waals surface area contributed by atoms with Crippen LogP contribution in [0.1, 0.15) is 54.4 Å². The highest BCUT2D eigenvalue weighted by atomic mass is 32.1. The molecule has 2 N–H and O–H groups in total. The fraction of sp³-hybridized carbons (Fsp3) is 0.474. The van der Waals surface area contributed by atoms with E-state index in [4.69, 9.17) is 4.74 Å². The molecule has 0 aliphatic heterocycles. The van der Waals surface area contributed by atoms with Crippen molar-refractivity contribution < 1.29 is 19.1 Å². The van der Waals surface area contributed by atoms with E-state index >= 15 is 0 Å². The number of anilines is 1. The molecule has 1 aliphatic carbocycles. The lowest BCUT2D eigenvalue weighted by atomic mass is 10.1. The van der Waals surface area contributed by atoms with Crippen molar-refractivity contribution in [2.75, 3.05) is 11.9 Å². The molecule has 0 saturated heterocycles. The van der Waals surface area contributed by atoms with E-state index in [9.17, 15) is 14.4 Å². The number of imidazole rings is 1. The number of hydrogen-bond acceptors (Lipinski definition) is 6. The summed E-state index contributed by atoms with van der Waals surface area (Å²) in [5.74, 6) is -2.00. The van der Waals surface area contributed by atoms with Crippen molar-refractivity contribution in [2.24, 2.45) is 0 Å². The lowest BCUT2D eigenvalue weighted by molar-refractivity contribution is -0.136. The van der Waals surface area contributed by atoms with Crippen molar-refractivity contribution in [2.45, 2.75) is 51.6 Å². The molecule has 0 unspecified atom stereocenters. The molecule has 2 heterocycles. The summed E-state index contributed by atoms with van der Waals surface area (Å²) in [5.41, 5.74) is 0.280. The third-order valence-electron chi connectivity index (χ3n) is 4.76. The standard InChI is InChI=1S/C19H24N4O4S/c1-3-12-10-13(19(26)27-4-2)18(28-12)22-17(25)16(24)21-14-6-5-7-15(14)23-9-8-20-11-23/h8-11,14-15H,3-7H2,1-2H3,(H,21,24)(H,22,25)/t14-,15+/m1/s1. The Morgan fingerprint density at radius 1 is 1.29 bits per heavy atom. The summed E-state index contributed by atoms with van der Waals surface area (Å²) in [6.45, 7) is 3.91. The zero-order valence-corrected chi connectivity index (χ0v) is 16.8. The van der Waals surface area contributed by atoms with Crippen LogP contribution in [0.2, 0.25) is 0 Å². The molecule has 0 radical (unpaired) electrons. The van der Waals surface area contributed by atoms with Crippen LogP contribution in [-0.4, -0.2) is 40.0 Å². The number of carbonyl (C=O) groups excluding carboxylic acids is 3. The Kier molecular flexibility index (Phi) is 6.45. The monoisotopic (exact) mass is 404 g/mol. The zero-order chi connectivity index (χ0) is 20.1. The normalized spacial score (nSPS) is 18.6. The molecule has 2 aromatic rings. The molecule has 28 heavy (non-hydrogen) atoms. The number of carbonyl (C=O) groups is 3. The van der Waals surface area contributed by atoms with Gasteiger partial charge in [-0.25, -0.2) is 9.78 Å². The second-order valence-corrected chi connectivity index (χ2v) is 7.71. The van der Waals surface area contributed by atoms with Crippen LogP contribution >= 0.6 is 11.3 Å². The SMILES string of the molecule is CCOC(=O)c1cc(CC)sc1NC(=O)C(=O)N[C@@H]1CCC[C@@H]1n1ccnc1. The Bertz CT molecular complexity index is 846. The summed E-state index contributed by atoms with van der Waals surface area (Å²) in [6, 6.07) is 1.65. The molecule has 150 valence electrons. The minimum absolute atomic E-state index is 0.0859. The van der Waals surface area contributed by atoms with E-state index in [2.05, 4.69) is 15.6 Å². The number of aryl methyl sites for hydroxylation is 1. The van der Waals surface area contributed by atoms with Crippen LogP contribution in [0, 0.1) is 0 Å². The molecule has 0 bridgehead atoms. The summed E-state index contributed by atoms with van der Waals surface area (Å²) in [4.78, 5) is 42.0. The van der Waals surface area contributed by atoms with Gasteiger partial charge in [-0.05, 0) is 38.7 Å². The third-order valence-corrected chi connectivity index (χ3v) is 5.96. The minimum Gasteiger partial charge on any atom is -0.462 e. The quantitative estimate of drug-likeness (QED) is 0.569. The van der Waals surface area contributed by atoms with Gasteiger partial charge in [-0.2, -0.15) is 0 Å². The molecule has 1 fully saturated rings. The van der Waals surface area contributed by atoms with E-state index in [0.29, 0.717) is 11.4 Å². The fourth-order valence-electron chi connectivity index (χ4n) is 3.39. The summed E-state index contributed by atoms with van der Waals surface area (Å²) in [7, 11) is 0. The number of aromatic nitrogens is 2. The van der Waals surface area contributed by atoms with Gasteiger partial charge in [0.1, 0.15) is 5.00 Å². The molecular weight excluding hydrogens is 380 g/mol. The smallest absolute Gasteiger partial charge is 0.341 e. The Labute approximate surface area is 167 Å². The fourth-order valence-corrected chi connectivity index (χ4v) is 4.37. The number of nitrogens with zero attached hydrogens (tertiary/aromatic N) is 2. The zero-order valence-electron chi connectivity index (χ0n) is 15.9. The van der Waals surface area contributed by atoms with Crippen LogP contribution in [0.4, 0.5) is 5.00 Å². The molecule has 3 rings (SSSR count). The highest BCUT2D eigenvalue weighted by Gasteiger charge is 2.31. The van der Waals surface area contributed by atoms with Gasteiger partial charge < -0.3 is 19.9 Å². The number of hydrogen-bond donors (Lipinski definition) is 2. The van der Waals surface area contributed by atoms with E-state index < -0.39 is 17.8 Å². The summed E-state index contributed by atoms with van der Waals surface area (Å²) in [6.07, 6.45) is 8.68. The van der Waals surface area contributed by atoms with Crippen LogP contribution in [0.3, 0.4) is 0 Å². The molecule has 2 amide bonds. The first-order valence-electron chi connectivity index (χ1n) is 9.42. The maximum Gasteiger partial charge on any atom is 0.341 e. The van der Waals surface area contributed by atoms with Crippen molar-refractivity contribution in [1.29, 1.82) is 0 Å².